The van der Waals surface area contributed by atoms with E-state index >= 15 is 0 Å². The number of hydrogen-bond donors (Lipinski definition) is 1. The summed E-state index contributed by atoms with van der Waals surface area (Å²) in [6.07, 6.45) is 7.76. The van der Waals surface area contributed by atoms with Gasteiger partial charge in [-0.3, -0.25) is 4.79 Å². The molecule has 3 rings (SSSR count). The molecule has 110 valence electrons. The highest BCUT2D eigenvalue weighted by atomic mass is 79.9. The molecule has 0 spiro atoms. The Morgan fingerprint density at radius 2 is 2.05 bits per heavy atom. The molecule has 2 atom stereocenters. The minimum Gasteiger partial charge on any atom is -0.391 e. The van der Waals surface area contributed by atoms with Crippen LogP contribution in [-0.4, -0.2) is 39.7 Å². The Balaban J connectivity index is 1.80. The van der Waals surface area contributed by atoms with Crippen molar-refractivity contribution in [1.29, 1.82) is 0 Å². The van der Waals surface area contributed by atoms with Gasteiger partial charge in [-0.05, 0) is 47.7 Å². The van der Waals surface area contributed by atoms with Crippen molar-refractivity contribution in [2.24, 2.45) is 0 Å². The molecule has 2 aliphatic rings. The first-order chi connectivity index (χ1) is 9.58. The Labute approximate surface area is 127 Å². The molecule has 20 heavy (non-hydrogen) atoms. The molecule has 0 bridgehead atoms. The molecule has 1 heterocycles. The average Bonchev–Trinajstić information content (AvgIpc) is 3.20. The smallest absolute Gasteiger partial charge is 0.270 e. The van der Waals surface area contributed by atoms with Crippen LogP contribution in [-0.2, 0) is 0 Å². The lowest BCUT2D eigenvalue weighted by molar-refractivity contribution is 0.0261. The van der Waals surface area contributed by atoms with E-state index in [0.29, 0.717) is 6.04 Å². The number of aliphatic hydroxyl groups is 1. The van der Waals surface area contributed by atoms with Gasteiger partial charge in [0.15, 0.2) is 0 Å². The molecular weight excluding hydrogens is 320 g/mol. The van der Waals surface area contributed by atoms with Gasteiger partial charge < -0.3 is 14.6 Å². The third-order valence-corrected chi connectivity index (χ3v) is 4.92. The number of halogens is 1. The summed E-state index contributed by atoms with van der Waals surface area (Å²) in [5.74, 6) is 0.0218. The highest BCUT2D eigenvalue weighted by Gasteiger charge is 2.33. The molecule has 1 aromatic rings. The first-order valence-electron chi connectivity index (χ1n) is 7.40. The molecule has 1 N–H and O–H groups in total. The molecule has 4 nitrogen and oxygen atoms in total. The summed E-state index contributed by atoms with van der Waals surface area (Å²) in [6, 6.07) is 2.33. The number of carbonyl (C=O) groups excluding carboxylic acids is 1. The first kappa shape index (κ1) is 14.1. The highest BCUT2D eigenvalue weighted by Crippen LogP contribution is 2.38. The average molecular weight is 341 g/mol. The van der Waals surface area contributed by atoms with E-state index in [9.17, 15) is 9.90 Å². The summed E-state index contributed by atoms with van der Waals surface area (Å²) in [7, 11) is 1.82. The monoisotopic (exact) mass is 340 g/mol. The molecule has 0 aliphatic heterocycles. The van der Waals surface area contributed by atoms with Crippen LogP contribution in [0.15, 0.2) is 16.7 Å². The third kappa shape index (κ3) is 2.66. The topological polar surface area (TPSA) is 45.5 Å². The fourth-order valence-electron chi connectivity index (χ4n) is 3.15. The quantitative estimate of drug-likeness (QED) is 0.919. The van der Waals surface area contributed by atoms with Crippen molar-refractivity contribution < 1.29 is 9.90 Å². The SMILES string of the molecule is CN(C(=O)c1cc(Br)cn1C1CC1)C1CCCCC1O. The predicted octanol–water partition coefficient (Wildman–Crippen LogP) is 2.96. The number of hydrogen-bond acceptors (Lipinski definition) is 2. The predicted molar refractivity (Wildman–Crippen MR) is 80.8 cm³/mol. The van der Waals surface area contributed by atoms with E-state index in [2.05, 4.69) is 20.5 Å². The number of amides is 1. The molecule has 0 saturated heterocycles. The van der Waals surface area contributed by atoms with Crippen LogP contribution in [0, 0.1) is 0 Å². The first-order valence-corrected chi connectivity index (χ1v) is 8.20. The van der Waals surface area contributed by atoms with Crippen LogP contribution in [0.25, 0.3) is 0 Å². The van der Waals surface area contributed by atoms with Gasteiger partial charge in [0, 0.05) is 23.8 Å². The Morgan fingerprint density at radius 3 is 2.70 bits per heavy atom. The maximum atomic E-state index is 12.7. The zero-order chi connectivity index (χ0) is 14.3. The van der Waals surface area contributed by atoms with Crippen molar-refractivity contribution in [3.05, 3.63) is 22.4 Å². The summed E-state index contributed by atoms with van der Waals surface area (Å²) in [5, 5.41) is 10.1. The van der Waals surface area contributed by atoms with Gasteiger partial charge in [-0.25, -0.2) is 0 Å². The van der Waals surface area contributed by atoms with E-state index in [1.807, 2.05) is 19.3 Å². The zero-order valence-electron chi connectivity index (χ0n) is 11.8. The van der Waals surface area contributed by atoms with Crippen LogP contribution in [0.1, 0.15) is 55.1 Å². The van der Waals surface area contributed by atoms with Crippen LogP contribution < -0.4 is 0 Å². The standard InChI is InChI=1S/C15H21BrN2O2/c1-17(12-4-2-3-5-14(12)19)15(20)13-8-10(16)9-18(13)11-6-7-11/h8-9,11-12,14,19H,2-7H2,1H3. The van der Waals surface area contributed by atoms with Crippen molar-refractivity contribution in [3.63, 3.8) is 0 Å². The molecule has 2 unspecified atom stereocenters. The number of carbonyl (C=O) groups is 1. The molecule has 2 saturated carbocycles. The van der Waals surface area contributed by atoms with E-state index in [4.69, 9.17) is 0 Å². The van der Waals surface area contributed by atoms with E-state index in [1.165, 1.54) is 0 Å². The Kier molecular flexibility index (Phi) is 3.91. The molecule has 0 aromatic carbocycles. The molecule has 0 radical (unpaired) electrons. The highest BCUT2D eigenvalue weighted by molar-refractivity contribution is 9.10. The molecule has 2 fully saturated rings. The second-order valence-corrected chi connectivity index (χ2v) is 6.93. The van der Waals surface area contributed by atoms with Crippen LogP contribution in [0.5, 0.6) is 0 Å². The minimum absolute atomic E-state index is 0.0218. The van der Waals surface area contributed by atoms with Gasteiger partial charge >= 0.3 is 0 Å². The van der Waals surface area contributed by atoms with Crippen molar-refractivity contribution in [2.45, 2.75) is 56.7 Å². The van der Waals surface area contributed by atoms with Crippen LogP contribution >= 0.6 is 15.9 Å². The lowest BCUT2D eigenvalue weighted by Crippen LogP contribution is -2.46. The van der Waals surface area contributed by atoms with Gasteiger partial charge in [0.2, 0.25) is 0 Å². The number of nitrogens with zero attached hydrogens (tertiary/aromatic N) is 2. The molecule has 2 aliphatic carbocycles. The number of likely N-dealkylation sites (N-methyl/N-ethyl adjacent to an activating group) is 1. The van der Waals surface area contributed by atoms with Gasteiger partial charge in [0.05, 0.1) is 12.1 Å². The summed E-state index contributed by atoms with van der Waals surface area (Å²) in [5.41, 5.74) is 0.736. The molecule has 1 aromatic heterocycles. The maximum absolute atomic E-state index is 12.7. The Hall–Kier alpha value is -0.810. The van der Waals surface area contributed by atoms with Gasteiger partial charge in [0.1, 0.15) is 5.69 Å². The summed E-state index contributed by atoms with van der Waals surface area (Å²) < 4.78 is 3.03. The number of aliphatic hydroxyl groups excluding tert-OH is 1. The fourth-order valence-corrected chi connectivity index (χ4v) is 3.58. The van der Waals surface area contributed by atoms with E-state index in [-0.39, 0.29) is 18.1 Å². The van der Waals surface area contributed by atoms with E-state index < -0.39 is 0 Å². The second-order valence-electron chi connectivity index (χ2n) is 6.02. The lowest BCUT2D eigenvalue weighted by atomic mass is 9.91. The Bertz CT molecular complexity index is 510. The van der Waals surface area contributed by atoms with Crippen LogP contribution in [0.2, 0.25) is 0 Å². The summed E-state index contributed by atoms with van der Waals surface area (Å²) in [4.78, 5) is 14.5. The van der Waals surface area contributed by atoms with Crippen molar-refractivity contribution in [2.75, 3.05) is 7.05 Å². The fraction of sp³-hybridized carbons (Fsp3) is 0.667. The van der Waals surface area contributed by atoms with Gasteiger partial charge in [-0.1, -0.05) is 12.8 Å². The van der Waals surface area contributed by atoms with Gasteiger partial charge in [-0.15, -0.1) is 0 Å². The summed E-state index contributed by atoms with van der Waals surface area (Å²) >= 11 is 3.46. The van der Waals surface area contributed by atoms with E-state index in [0.717, 1.165) is 48.7 Å². The minimum atomic E-state index is -0.384. The molecule has 5 heteroatoms. The van der Waals surface area contributed by atoms with Crippen molar-refractivity contribution in [3.8, 4) is 0 Å². The molecule has 1 amide bonds. The number of rotatable bonds is 3. The Morgan fingerprint density at radius 1 is 1.35 bits per heavy atom. The largest absolute Gasteiger partial charge is 0.391 e. The van der Waals surface area contributed by atoms with Gasteiger partial charge in [-0.2, -0.15) is 0 Å². The van der Waals surface area contributed by atoms with E-state index in [1.54, 1.807) is 4.90 Å². The second kappa shape index (κ2) is 5.53. The van der Waals surface area contributed by atoms with Crippen LogP contribution in [0.3, 0.4) is 0 Å². The number of aromatic nitrogens is 1. The van der Waals surface area contributed by atoms with Crippen LogP contribution in [0.4, 0.5) is 0 Å². The zero-order valence-corrected chi connectivity index (χ0v) is 13.3. The maximum Gasteiger partial charge on any atom is 0.270 e. The summed E-state index contributed by atoms with van der Waals surface area (Å²) in [6.45, 7) is 0. The lowest BCUT2D eigenvalue weighted by Gasteiger charge is -2.35. The third-order valence-electron chi connectivity index (χ3n) is 4.49. The normalized spacial score (nSPS) is 26.6. The van der Waals surface area contributed by atoms with Gasteiger partial charge in [0.25, 0.3) is 5.91 Å². The van der Waals surface area contributed by atoms with Crippen molar-refractivity contribution in [1.82, 2.24) is 9.47 Å². The molecular formula is C15H21BrN2O2. The van der Waals surface area contributed by atoms with Crippen molar-refractivity contribution >= 4 is 21.8 Å².